The van der Waals surface area contributed by atoms with Crippen molar-refractivity contribution in [3.63, 3.8) is 0 Å². The molecule has 2 atom stereocenters. The van der Waals surface area contributed by atoms with Gasteiger partial charge in [-0.25, -0.2) is 0 Å². The van der Waals surface area contributed by atoms with Crippen molar-refractivity contribution in [2.75, 3.05) is 13.6 Å². The minimum absolute atomic E-state index is 0.0248. The highest BCUT2D eigenvalue weighted by Gasteiger charge is 2.35. The maximum absolute atomic E-state index is 12.4. The molecule has 1 aliphatic heterocycles. The lowest BCUT2D eigenvalue weighted by Crippen LogP contribution is -2.55. The molecular formula is C13H26N2O. The third-order valence-electron chi connectivity index (χ3n) is 3.49. The number of piperidine rings is 1. The summed E-state index contributed by atoms with van der Waals surface area (Å²) in [7, 11) is 1.88. The van der Waals surface area contributed by atoms with Crippen LogP contribution in [-0.2, 0) is 4.79 Å². The first-order valence-corrected chi connectivity index (χ1v) is 6.35. The van der Waals surface area contributed by atoms with Gasteiger partial charge in [0, 0.05) is 12.6 Å². The van der Waals surface area contributed by atoms with Crippen LogP contribution in [0.1, 0.15) is 47.0 Å². The number of likely N-dealkylation sites (N-methyl/N-ethyl adjacent to an activating group) is 1. The van der Waals surface area contributed by atoms with Gasteiger partial charge in [0.05, 0.1) is 6.04 Å². The number of nitrogens with one attached hydrogen (secondary N) is 1. The Balaban J connectivity index is 2.74. The van der Waals surface area contributed by atoms with E-state index in [0.717, 1.165) is 19.4 Å². The Kier molecular flexibility index (Phi) is 4.36. The highest BCUT2D eigenvalue weighted by Crippen LogP contribution is 2.24. The fourth-order valence-electron chi connectivity index (χ4n) is 2.52. The maximum atomic E-state index is 12.4. The molecule has 0 aromatic carbocycles. The summed E-state index contributed by atoms with van der Waals surface area (Å²) in [5.41, 5.74) is -0.0248. The number of hydrogen-bond donors (Lipinski definition) is 1. The molecule has 1 heterocycles. The number of nitrogens with zero attached hydrogens (tertiary/aromatic N) is 1. The molecule has 16 heavy (non-hydrogen) atoms. The second kappa shape index (κ2) is 5.17. The highest BCUT2D eigenvalue weighted by molar-refractivity contribution is 5.83. The Morgan fingerprint density at radius 1 is 1.38 bits per heavy atom. The van der Waals surface area contributed by atoms with E-state index in [1.807, 2.05) is 7.05 Å². The van der Waals surface area contributed by atoms with Crippen LogP contribution in [0.3, 0.4) is 0 Å². The van der Waals surface area contributed by atoms with E-state index in [4.69, 9.17) is 0 Å². The monoisotopic (exact) mass is 226 g/mol. The van der Waals surface area contributed by atoms with Crippen LogP contribution in [0.4, 0.5) is 0 Å². The van der Waals surface area contributed by atoms with E-state index in [9.17, 15) is 4.79 Å². The summed E-state index contributed by atoms with van der Waals surface area (Å²) < 4.78 is 0. The summed E-state index contributed by atoms with van der Waals surface area (Å²) in [6, 6.07) is 0.326. The molecule has 0 aliphatic carbocycles. The fourth-order valence-corrected chi connectivity index (χ4v) is 2.52. The van der Waals surface area contributed by atoms with Crippen molar-refractivity contribution in [1.29, 1.82) is 0 Å². The van der Waals surface area contributed by atoms with Crippen molar-refractivity contribution in [2.45, 2.75) is 59.0 Å². The molecule has 3 heteroatoms. The zero-order valence-electron chi connectivity index (χ0n) is 11.3. The van der Waals surface area contributed by atoms with Crippen LogP contribution in [0.15, 0.2) is 0 Å². The van der Waals surface area contributed by atoms with E-state index in [2.05, 4.69) is 37.9 Å². The fraction of sp³-hybridized carbons (Fsp3) is 0.923. The second-order valence-electron chi connectivity index (χ2n) is 5.96. The molecule has 1 aliphatic rings. The average molecular weight is 226 g/mol. The van der Waals surface area contributed by atoms with Crippen LogP contribution >= 0.6 is 0 Å². The SMILES string of the molecule is CNC(C(=O)N1CCCCC1C)C(C)(C)C. The predicted octanol–water partition coefficient (Wildman–Crippen LogP) is 2.02. The zero-order chi connectivity index (χ0) is 12.3. The van der Waals surface area contributed by atoms with Crippen molar-refractivity contribution in [3.8, 4) is 0 Å². The Labute approximate surface area is 99.6 Å². The van der Waals surface area contributed by atoms with Gasteiger partial charge in [0.25, 0.3) is 0 Å². The molecule has 2 unspecified atom stereocenters. The second-order valence-corrected chi connectivity index (χ2v) is 5.96. The van der Waals surface area contributed by atoms with E-state index >= 15 is 0 Å². The number of rotatable bonds is 2. The summed E-state index contributed by atoms with van der Waals surface area (Å²) in [6.07, 6.45) is 3.55. The van der Waals surface area contributed by atoms with Gasteiger partial charge in [-0.3, -0.25) is 4.79 Å². The van der Waals surface area contributed by atoms with E-state index in [-0.39, 0.29) is 17.4 Å². The lowest BCUT2D eigenvalue weighted by Gasteiger charge is -2.39. The summed E-state index contributed by atoms with van der Waals surface area (Å²) in [5, 5.41) is 3.17. The van der Waals surface area contributed by atoms with Crippen LogP contribution in [0.25, 0.3) is 0 Å². The van der Waals surface area contributed by atoms with E-state index in [0.29, 0.717) is 6.04 Å². The van der Waals surface area contributed by atoms with Crippen LogP contribution in [0, 0.1) is 5.41 Å². The van der Waals surface area contributed by atoms with E-state index < -0.39 is 0 Å². The lowest BCUT2D eigenvalue weighted by atomic mass is 9.85. The minimum Gasteiger partial charge on any atom is -0.339 e. The Morgan fingerprint density at radius 3 is 2.44 bits per heavy atom. The van der Waals surface area contributed by atoms with Crippen molar-refractivity contribution < 1.29 is 4.79 Å². The molecule has 1 saturated heterocycles. The molecular weight excluding hydrogens is 200 g/mol. The van der Waals surface area contributed by atoms with Gasteiger partial charge in [0.2, 0.25) is 5.91 Å². The van der Waals surface area contributed by atoms with Gasteiger partial charge >= 0.3 is 0 Å². The van der Waals surface area contributed by atoms with Gasteiger partial charge in [-0.1, -0.05) is 20.8 Å². The lowest BCUT2D eigenvalue weighted by molar-refractivity contribution is -0.139. The smallest absolute Gasteiger partial charge is 0.240 e. The molecule has 0 saturated carbocycles. The minimum atomic E-state index is -0.0759. The number of carbonyl (C=O) groups excluding carboxylic acids is 1. The number of amides is 1. The first kappa shape index (κ1) is 13.5. The van der Waals surface area contributed by atoms with Crippen LogP contribution in [-0.4, -0.2) is 36.5 Å². The molecule has 1 amide bonds. The van der Waals surface area contributed by atoms with Crippen molar-refractivity contribution in [1.82, 2.24) is 10.2 Å². The summed E-state index contributed by atoms with van der Waals surface area (Å²) >= 11 is 0. The standard InChI is InChI=1S/C13H26N2O/c1-10-8-6-7-9-15(10)12(16)11(14-5)13(2,3)4/h10-11,14H,6-9H2,1-5H3. The normalized spacial score (nSPS) is 24.3. The Morgan fingerprint density at radius 2 is 2.00 bits per heavy atom. The first-order valence-electron chi connectivity index (χ1n) is 6.35. The average Bonchev–Trinajstić information content (AvgIpc) is 2.17. The molecule has 1 N–H and O–H groups in total. The third kappa shape index (κ3) is 2.97. The first-order chi connectivity index (χ1) is 7.38. The predicted molar refractivity (Wildman–Crippen MR) is 67.3 cm³/mol. The largest absolute Gasteiger partial charge is 0.339 e. The van der Waals surface area contributed by atoms with Gasteiger partial charge in [0.1, 0.15) is 0 Å². The molecule has 1 fully saturated rings. The number of hydrogen-bond acceptors (Lipinski definition) is 2. The number of carbonyl (C=O) groups is 1. The molecule has 0 aromatic heterocycles. The Hall–Kier alpha value is -0.570. The van der Waals surface area contributed by atoms with Crippen molar-refractivity contribution in [3.05, 3.63) is 0 Å². The van der Waals surface area contributed by atoms with E-state index in [1.54, 1.807) is 0 Å². The molecule has 0 aromatic rings. The van der Waals surface area contributed by atoms with Crippen LogP contribution < -0.4 is 5.32 Å². The van der Waals surface area contributed by atoms with E-state index in [1.165, 1.54) is 6.42 Å². The van der Waals surface area contributed by atoms with Gasteiger partial charge < -0.3 is 10.2 Å². The molecule has 3 nitrogen and oxygen atoms in total. The maximum Gasteiger partial charge on any atom is 0.240 e. The van der Waals surface area contributed by atoms with Gasteiger partial charge in [-0.05, 0) is 38.6 Å². The highest BCUT2D eigenvalue weighted by atomic mass is 16.2. The molecule has 94 valence electrons. The van der Waals surface area contributed by atoms with Crippen molar-refractivity contribution in [2.24, 2.45) is 5.41 Å². The van der Waals surface area contributed by atoms with Crippen LogP contribution in [0.5, 0.6) is 0 Å². The molecule has 0 spiro atoms. The summed E-state index contributed by atoms with van der Waals surface area (Å²) in [5.74, 6) is 0.266. The zero-order valence-corrected chi connectivity index (χ0v) is 11.3. The van der Waals surface area contributed by atoms with Crippen molar-refractivity contribution >= 4 is 5.91 Å². The van der Waals surface area contributed by atoms with Gasteiger partial charge in [-0.15, -0.1) is 0 Å². The topological polar surface area (TPSA) is 32.3 Å². The molecule has 1 rings (SSSR count). The quantitative estimate of drug-likeness (QED) is 0.781. The van der Waals surface area contributed by atoms with Gasteiger partial charge in [-0.2, -0.15) is 0 Å². The summed E-state index contributed by atoms with van der Waals surface area (Å²) in [4.78, 5) is 14.5. The summed E-state index contributed by atoms with van der Waals surface area (Å²) in [6.45, 7) is 9.42. The third-order valence-corrected chi connectivity index (χ3v) is 3.49. The Bertz CT molecular complexity index is 245. The van der Waals surface area contributed by atoms with Gasteiger partial charge in [0.15, 0.2) is 0 Å². The van der Waals surface area contributed by atoms with Crippen LogP contribution in [0.2, 0.25) is 0 Å². The molecule has 0 radical (unpaired) electrons. The molecule has 0 bridgehead atoms. The number of likely N-dealkylation sites (tertiary alicyclic amines) is 1.